The molecule has 1 aromatic heterocycles. The van der Waals surface area contributed by atoms with Crippen LogP contribution in [0.25, 0.3) is 0 Å². The molecule has 128 valence electrons. The van der Waals surface area contributed by atoms with Gasteiger partial charge in [-0.05, 0) is 56.8 Å². The fraction of sp³-hybridized carbons (Fsp3) is 0.778. The van der Waals surface area contributed by atoms with E-state index in [2.05, 4.69) is 24.1 Å². The number of aryl methyl sites for hydroxylation is 1. The third-order valence-electron chi connectivity index (χ3n) is 5.43. The lowest BCUT2D eigenvalue weighted by Crippen LogP contribution is -2.48. The van der Waals surface area contributed by atoms with Crippen molar-refractivity contribution >= 4 is 22.2 Å². The van der Waals surface area contributed by atoms with E-state index in [1.165, 1.54) is 19.3 Å². The second-order valence-electron chi connectivity index (χ2n) is 7.79. The molecule has 0 aliphatic heterocycles. The van der Waals surface area contributed by atoms with Gasteiger partial charge in [-0.15, -0.1) is 11.3 Å². The van der Waals surface area contributed by atoms with Crippen LogP contribution in [0.4, 0.5) is 5.00 Å². The van der Waals surface area contributed by atoms with Gasteiger partial charge in [-0.25, -0.2) is 4.98 Å². The standard InChI is InChI=1S/C18H29N3OS/c1-10(2)7-15-18(23-11(3)20-15)21-17(22)14-8-12-5-4-6-13(9-14)16(12)19/h10,12-14,16H,4-9,19H2,1-3H3,(H,21,22). The topological polar surface area (TPSA) is 68.0 Å². The second-order valence-corrected chi connectivity index (χ2v) is 9.00. The SMILES string of the molecule is Cc1nc(CC(C)C)c(NC(=O)C2CC3CCCC(C2)C3N)s1. The zero-order valence-electron chi connectivity index (χ0n) is 14.5. The van der Waals surface area contributed by atoms with Crippen LogP contribution < -0.4 is 11.1 Å². The number of anilines is 1. The first kappa shape index (κ1) is 16.9. The highest BCUT2D eigenvalue weighted by Gasteiger charge is 2.40. The molecule has 1 heterocycles. The van der Waals surface area contributed by atoms with Crippen LogP contribution in [0.2, 0.25) is 0 Å². The normalized spacial score (nSPS) is 30.5. The summed E-state index contributed by atoms with van der Waals surface area (Å²) < 4.78 is 0. The van der Waals surface area contributed by atoms with Crippen LogP contribution in [0, 0.1) is 30.6 Å². The Bertz CT molecular complexity index is 555. The Balaban J connectivity index is 1.68. The number of hydrogen-bond donors (Lipinski definition) is 2. The Morgan fingerprint density at radius 3 is 2.61 bits per heavy atom. The molecular weight excluding hydrogens is 306 g/mol. The summed E-state index contributed by atoms with van der Waals surface area (Å²) in [6.07, 6.45) is 6.51. The molecule has 0 radical (unpaired) electrons. The number of fused-ring (bicyclic) bond motifs is 2. The highest BCUT2D eigenvalue weighted by atomic mass is 32.1. The molecule has 2 bridgehead atoms. The summed E-state index contributed by atoms with van der Waals surface area (Å²) in [5.41, 5.74) is 7.39. The van der Waals surface area contributed by atoms with E-state index in [0.717, 1.165) is 35.0 Å². The van der Waals surface area contributed by atoms with Gasteiger partial charge < -0.3 is 11.1 Å². The molecule has 2 fully saturated rings. The van der Waals surface area contributed by atoms with Crippen LogP contribution >= 0.6 is 11.3 Å². The first-order valence-electron chi connectivity index (χ1n) is 8.96. The zero-order valence-corrected chi connectivity index (χ0v) is 15.3. The van der Waals surface area contributed by atoms with E-state index in [0.29, 0.717) is 23.8 Å². The molecule has 3 N–H and O–H groups in total. The number of carbonyl (C=O) groups excluding carboxylic acids is 1. The van der Waals surface area contributed by atoms with Gasteiger partial charge in [0.15, 0.2) is 0 Å². The van der Waals surface area contributed by atoms with Crippen LogP contribution in [0.5, 0.6) is 0 Å². The quantitative estimate of drug-likeness (QED) is 0.880. The average molecular weight is 336 g/mol. The predicted octanol–water partition coefficient (Wildman–Crippen LogP) is 3.74. The highest BCUT2D eigenvalue weighted by molar-refractivity contribution is 7.16. The van der Waals surface area contributed by atoms with E-state index in [1.807, 2.05) is 6.92 Å². The summed E-state index contributed by atoms with van der Waals surface area (Å²) in [6, 6.07) is 0.315. The molecule has 5 heteroatoms. The Morgan fingerprint density at radius 1 is 1.35 bits per heavy atom. The van der Waals surface area contributed by atoms with Crippen LogP contribution in [0.3, 0.4) is 0 Å². The van der Waals surface area contributed by atoms with Crippen molar-refractivity contribution in [2.24, 2.45) is 29.4 Å². The average Bonchev–Trinajstić information content (AvgIpc) is 2.77. The van der Waals surface area contributed by atoms with Crippen molar-refractivity contribution in [3.8, 4) is 0 Å². The van der Waals surface area contributed by atoms with Gasteiger partial charge in [0.05, 0.1) is 10.7 Å². The van der Waals surface area contributed by atoms with Gasteiger partial charge in [0.2, 0.25) is 5.91 Å². The summed E-state index contributed by atoms with van der Waals surface area (Å²) in [6.45, 7) is 6.38. The van der Waals surface area contributed by atoms with Crippen molar-refractivity contribution in [1.29, 1.82) is 0 Å². The van der Waals surface area contributed by atoms with Crippen molar-refractivity contribution in [2.45, 2.75) is 65.3 Å². The number of aromatic nitrogens is 1. The maximum Gasteiger partial charge on any atom is 0.228 e. The van der Waals surface area contributed by atoms with E-state index in [9.17, 15) is 4.79 Å². The second kappa shape index (κ2) is 6.89. The van der Waals surface area contributed by atoms with Gasteiger partial charge in [-0.2, -0.15) is 0 Å². The fourth-order valence-corrected chi connectivity index (χ4v) is 5.16. The van der Waals surface area contributed by atoms with Gasteiger partial charge in [0, 0.05) is 12.0 Å². The van der Waals surface area contributed by atoms with Crippen molar-refractivity contribution in [3.63, 3.8) is 0 Å². The summed E-state index contributed by atoms with van der Waals surface area (Å²) in [5, 5.41) is 5.17. The lowest BCUT2D eigenvalue weighted by Gasteiger charge is -2.43. The van der Waals surface area contributed by atoms with Gasteiger partial charge in [-0.1, -0.05) is 20.3 Å². The maximum atomic E-state index is 12.8. The molecule has 3 rings (SSSR count). The largest absolute Gasteiger partial charge is 0.327 e. The third kappa shape index (κ3) is 3.77. The van der Waals surface area contributed by atoms with E-state index < -0.39 is 0 Å². The van der Waals surface area contributed by atoms with Crippen LogP contribution in [-0.2, 0) is 11.2 Å². The minimum absolute atomic E-state index is 0.124. The monoisotopic (exact) mass is 335 g/mol. The van der Waals surface area contributed by atoms with Gasteiger partial charge in [0.1, 0.15) is 5.00 Å². The highest BCUT2D eigenvalue weighted by Crippen LogP contribution is 2.42. The molecule has 2 unspecified atom stereocenters. The maximum absolute atomic E-state index is 12.8. The Hall–Kier alpha value is -0.940. The van der Waals surface area contributed by atoms with Gasteiger partial charge in [-0.3, -0.25) is 4.79 Å². The lowest BCUT2D eigenvalue weighted by molar-refractivity contribution is -0.122. The molecule has 4 nitrogen and oxygen atoms in total. The van der Waals surface area contributed by atoms with Crippen molar-refractivity contribution in [3.05, 3.63) is 10.7 Å². The number of carbonyl (C=O) groups is 1. The number of nitrogens with one attached hydrogen (secondary N) is 1. The number of hydrogen-bond acceptors (Lipinski definition) is 4. The lowest BCUT2D eigenvalue weighted by atomic mass is 9.65. The van der Waals surface area contributed by atoms with E-state index >= 15 is 0 Å². The smallest absolute Gasteiger partial charge is 0.228 e. The molecule has 2 saturated carbocycles. The summed E-state index contributed by atoms with van der Waals surface area (Å²) in [7, 11) is 0. The van der Waals surface area contributed by atoms with Gasteiger partial charge >= 0.3 is 0 Å². The van der Waals surface area contributed by atoms with E-state index in [4.69, 9.17) is 5.73 Å². The molecule has 1 aromatic rings. The van der Waals surface area contributed by atoms with Crippen molar-refractivity contribution in [2.75, 3.05) is 5.32 Å². The minimum atomic E-state index is 0.124. The number of rotatable bonds is 4. The van der Waals surface area contributed by atoms with Crippen molar-refractivity contribution in [1.82, 2.24) is 4.98 Å². The first-order chi connectivity index (χ1) is 10.9. The fourth-order valence-electron chi connectivity index (χ4n) is 4.31. The Kier molecular flexibility index (Phi) is 5.07. The molecule has 2 aliphatic carbocycles. The van der Waals surface area contributed by atoms with E-state index in [1.54, 1.807) is 11.3 Å². The minimum Gasteiger partial charge on any atom is -0.327 e. The molecular formula is C18H29N3OS. The Morgan fingerprint density at radius 2 is 2.00 bits per heavy atom. The predicted molar refractivity (Wildman–Crippen MR) is 95.6 cm³/mol. The number of nitrogens with zero attached hydrogens (tertiary/aromatic N) is 1. The summed E-state index contributed by atoms with van der Waals surface area (Å²) in [5.74, 6) is 1.93. The summed E-state index contributed by atoms with van der Waals surface area (Å²) >= 11 is 1.60. The first-order valence-corrected chi connectivity index (χ1v) is 9.78. The van der Waals surface area contributed by atoms with Crippen molar-refractivity contribution < 1.29 is 4.79 Å². The number of nitrogens with two attached hydrogens (primary N) is 1. The molecule has 2 aliphatic rings. The van der Waals surface area contributed by atoms with Crippen LogP contribution in [0.15, 0.2) is 0 Å². The molecule has 1 amide bonds. The summed E-state index contributed by atoms with van der Waals surface area (Å²) in [4.78, 5) is 17.4. The molecule has 0 aromatic carbocycles. The van der Waals surface area contributed by atoms with Crippen LogP contribution in [0.1, 0.15) is 56.7 Å². The molecule has 0 saturated heterocycles. The Labute approximate surface area is 143 Å². The van der Waals surface area contributed by atoms with E-state index in [-0.39, 0.29) is 11.8 Å². The third-order valence-corrected chi connectivity index (χ3v) is 6.35. The molecule has 23 heavy (non-hydrogen) atoms. The van der Waals surface area contributed by atoms with Crippen LogP contribution in [-0.4, -0.2) is 16.9 Å². The number of thiazole rings is 1. The van der Waals surface area contributed by atoms with Gasteiger partial charge in [0.25, 0.3) is 0 Å². The molecule has 0 spiro atoms. The zero-order chi connectivity index (χ0) is 16.6. The number of amides is 1. The molecule has 2 atom stereocenters.